The van der Waals surface area contributed by atoms with Gasteiger partial charge in [-0.15, -0.1) is 10.2 Å². The maximum atomic E-state index is 12.3. The molecule has 1 amide bonds. The summed E-state index contributed by atoms with van der Waals surface area (Å²) < 4.78 is 0. The summed E-state index contributed by atoms with van der Waals surface area (Å²) in [4.78, 5) is 18.5. The standard InChI is InChI=1S/C18H19N5OS/c1-11-5-7-14(12(2)9-11)17-21-22-18(25-17)20-16(24)13-6-8-15(19-10-13)23(3)4/h5-10H,1-4H3,(H,20,22,24). The molecule has 0 aliphatic heterocycles. The Kier molecular flexibility index (Phi) is 4.76. The number of hydrogen-bond acceptors (Lipinski definition) is 6. The van der Waals surface area contributed by atoms with Crippen LogP contribution in [0.3, 0.4) is 0 Å². The van der Waals surface area contributed by atoms with Crippen molar-refractivity contribution in [3.63, 3.8) is 0 Å². The number of rotatable bonds is 4. The highest BCUT2D eigenvalue weighted by molar-refractivity contribution is 7.18. The zero-order chi connectivity index (χ0) is 18.0. The van der Waals surface area contributed by atoms with Crippen LogP contribution in [0.2, 0.25) is 0 Å². The first kappa shape index (κ1) is 17.0. The Labute approximate surface area is 150 Å². The van der Waals surface area contributed by atoms with Crippen molar-refractivity contribution in [2.75, 3.05) is 24.3 Å². The van der Waals surface area contributed by atoms with E-state index in [4.69, 9.17) is 0 Å². The SMILES string of the molecule is Cc1ccc(-c2nnc(NC(=O)c3ccc(N(C)C)nc3)s2)c(C)c1. The number of carbonyl (C=O) groups is 1. The third-order valence-electron chi connectivity index (χ3n) is 3.73. The van der Waals surface area contributed by atoms with Crippen LogP contribution >= 0.6 is 11.3 Å². The number of nitrogens with one attached hydrogen (secondary N) is 1. The second-order valence-corrected chi connectivity index (χ2v) is 6.96. The summed E-state index contributed by atoms with van der Waals surface area (Å²) in [6, 6.07) is 9.72. The lowest BCUT2D eigenvalue weighted by Crippen LogP contribution is -2.14. The van der Waals surface area contributed by atoms with E-state index in [0.29, 0.717) is 10.7 Å². The Morgan fingerprint density at radius 2 is 1.92 bits per heavy atom. The number of anilines is 2. The smallest absolute Gasteiger partial charge is 0.259 e. The van der Waals surface area contributed by atoms with E-state index in [2.05, 4.69) is 33.5 Å². The maximum absolute atomic E-state index is 12.3. The molecule has 0 atom stereocenters. The number of carbonyl (C=O) groups excluding carboxylic acids is 1. The van der Waals surface area contributed by atoms with Crippen LogP contribution in [0, 0.1) is 13.8 Å². The van der Waals surface area contributed by atoms with Gasteiger partial charge in [-0.05, 0) is 31.5 Å². The number of aryl methyl sites for hydroxylation is 2. The van der Waals surface area contributed by atoms with E-state index in [0.717, 1.165) is 22.0 Å². The van der Waals surface area contributed by atoms with Crippen LogP contribution in [0.5, 0.6) is 0 Å². The largest absolute Gasteiger partial charge is 0.363 e. The van der Waals surface area contributed by atoms with Crippen molar-refractivity contribution in [1.82, 2.24) is 15.2 Å². The molecule has 0 radical (unpaired) electrons. The molecule has 1 aromatic carbocycles. The minimum absolute atomic E-state index is 0.249. The Morgan fingerprint density at radius 1 is 1.12 bits per heavy atom. The molecular weight excluding hydrogens is 334 g/mol. The first-order valence-corrected chi connectivity index (χ1v) is 8.61. The van der Waals surface area contributed by atoms with Crippen molar-refractivity contribution in [3.8, 4) is 10.6 Å². The fourth-order valence-corrected chi connectivity index (χ4v) is 3.22. The molecule has 3 aromatic rings. The summed E-state index contributed by atoms with van der Waals surface area (Å²) in [5.74, 6) is 0.547. The van der Waals surface area contributed by atoms with Gasteiger partial charge in [-0.1, -0.05) is 35.1 Å². The maximum Gasteiger partial charge on any atom is 0.259 e. The zero-order valence-corrected chi connectivity index (χ0v) is 15.4. The molecule has 7 heteroatoms. The topological polar surface area (TPSA) is 71.0 Å². The van der Waals surface area contributed by atoms with Crippen LogP contribution in [0.4, 0.5) is 10.9 Å². The summed E-state index contributed by atoms with van der Waals surface area (Å²) in [6.45, 7) is 4.10. The van der Waals surface area contributed by atoms with Crippen molar-refractivity contribution in [2.24, 2.45) is 0 Å². The molecule has 0 spiro atoms. The monoisotopic (exact) mass is 353 g/mol. The van der Waals surface area contributed by atoms with Gasteiger partial charge >= 0.3 is 0 Å². The van der Waals surface area contributed by atoms with E-state index >= 15 is 0 Å². The summed E-state index contributed by atoms with van der Waals surface area (Å²) in [5.41, 5.74) is 3.85. The van der Waals surface area contributed by atoms with Crippen LogP contribution in [0.1, 0.15) is 21.5 Å². The van der Waals surface area contributed by atoms with Crippen LogP contribution in [-0.2, 0) is 0 Å². The molecule has 2 aromatic heterocycles. The van der Waals surface area contributed by atoms with E-state index in [9.17, 15) is 4.79 Å². The third kappa shape index (κ3) is 3.83. The Balaban J connectivity index is 1.75. The van der Waals surface area contributed by atoms with E-state index in [-0.39, 0.29) is 5.91 Å². The summed E-state index contributed by atoms with van der Waals surface area (Å²) in [7, 11) is 3.80. The van der Waals surface area contributed by atoms with Gasteiger partial charge in [0, 0.05) is 25.9 Å². The predicted octanol–water partition coefficient (Wildman–Crippen LogP) is 3.54. The molecule has 1 N–H and O–H groups in total. The Morgan fingerprint density at radius 3 is 2.56 bits per heavy atom. The summed E-state index contributed by atoms with van der Waals surface area (Å²) in [5, 5.41) is 12.3. The molecule has 0 aliphatic rings. The number of amides is 1. The normalized spacial score (nSPS) is 10.6. The molecule has 2 heterocycles. The number of pyridine rings is 1. The van der Waals surface area contributed by atoms with Gasteiger partial charge in [-0.25, -0.2) is 4.98 Å². The first-order chi connectivity index (χ1) is 11.9. The Bertz CT molecular complexity index is 902. The van der Waals surface area contributed by atoms with Crippen molar-refractivity contribution in [2.45, 2.75) is 13.8 Å². The highest BCUT2D eigenvalue weighted by atomic mass is 32.1. The van der Waals surface area contributed by atoms with Gasteiger partial charge in [-0.3, -0.25) is 10.1 Å². The lowest BCUT2D eigenvalue weighted by atomic mass is 10.1. The predicted molar refractivity (Wildman–Crippen MR) is 101 cm³/mol. The van der Waals surface area contributed by atoms with Crippen molar-refractivity contribution >= 4 is 28.2 Å². The highest BCUT2D eigenvalue weighted by Crippen LogP contribution is 2.29. The van der Waals surface area contributed by atoms with Crippen LogP contribution < -0.4 is 10.2 Å². The zero-order valence-electron chi connectivity index (χ0n) is 14.6. The van der Waals surface area contributed by atoms with Gasteiger partial charge in [0.25, 0.3) is 5.91 Å². The molecule has 0 unspecified atom stereocenters. The van der Waals surface area contributed by atoms with E-state index in [1.165, 1.54) is 16.9 Å². The van der Waals surface area contributed by atoms with Gasteiger partial charge in [0.1, 0.15) is 10.8 Å². The lowest BCUT2D eigenvalue weighted by molar-refractivity contribution is 0.102. The number of nitrogens with zero attached hydrogens (tertiary/aromatic N) is 4. The van der Waals surface area contributed by atoms with E-state index in [1.807, 2.05) is 38.1 Å². The minimum atomic E-state index is -0.249. The molecule has 3 rings (SSSR count). The fourth-order valence-electron chi connectivity index (χ4n) is 2.39. The van der Waals surface area contributed by atoms with Crippen molar-refractivity contribution in [3.05, 3.63) is 53.2 Å². The molecule has 0 fully saturated rings. The van der Waals surface area contributed by atoms with Gasteiger partial charge in [0.05, 0.1) is 5.56 Å². The molecule has 25 heavy (non-hydrogen) atoms. The van der Waals surface area contributed by atoms with Crippen LogP contribution in [-0.4, -0.2) is 35.2 Å². The van der Waals surface area contributed by atoms with Crippen LogP contribution in [0.25, 0.3) is 10.6 Å². The second-order valence-electron chi connectivity index (χ2n) is 5.98. The van der Waals surface area contributed by atoms with Gasteiger partial charge in [0.2, 0.25) is 5.13 Å². The molecule has 6 nitrogen and oxygen atoms in total. The number of hydrogen-bond donors (Lipinski definition) is 1. The van der Waals surface area contributed by atoms with Gasteiger partial charge in [-0.2, -0.15) is 0 Å². The second kappa shape index (κ2) is 6.98. The lowest BCUT2D eigenvalue weighted by Gasteiger charge is -2.10. The van der Waals surface area contributed by atoms with Crippen LogP contribution in [0.15, 0.2) is 36.5 Å². The molecule has 128 valence electrons. The molecular formula is C18H19N5OS. The highest BCUT2D eigenvalue weighted by Gasteiger charge is 2.13. The van der Waals surface area contributed by atoms with Crippen molar-refractivity contribution in [1.29, 1.82) is 0 Å². The summed E-state index contributed by atoms with van der Waals surface area (Å²) >= 11 is 1.35. The quantitative estimate of drug-likeness (QED) is 0.777. The third-order valence-corrected chi connectivity index (χ3v) is 4.60. The van der Waals surface area contributed by atoms with Gasteiger partial charge in [0.15, 0.2) is 0 Å². The average molecular weight is 353 g/mol. The first-order valence-electron chi connectivity index (χ1n) is 7.80. The Hall–Kier alpha value is -2.80. The minimum Gasteiger partial charge on any atom is -0.363 e. The molecule has 0 saturated heterocycles. The molecule has 0 saturated carbocycles. The van der Waals surface area contributed by atoms with E-state index < -0.39 is 0 Å². The molecule has 0 aliphatic carbocycles. The van der Waals surface area contributed by atoms with Gasteiger partial charge < -0.3 is 4.90 Å². The molecule has 0 bridgehead atoms. The number of aromatic nitrogens is 3. The van der Waals surface area contributed by atoms with E-state index in [1.54, 1.807) is 18.3 Å². The average Bonchev–Trinajstić information content (AvgIpc) is 3.03. The fraction of sp³-hybridized carbons (Fsp3) is 0.222. The number of benzene rings is 1. The summed E-state index contributed by atoms with van der Waals surface area (Å²) in [6.07, 6.45) is 1.55. The van der Waals surface area contributed by atoms with Crippen molar-refractivity contribution < 1.29 is 4.79 Å².